The Morgan fingerprint density at radius 2 is 2.36 bits per heavy atom. The Balaban J connectivity index is 2.18. The van der Waals surface area contributed by atoms with Crippen LogP contribution in [0.2, 0.25) is 0 Å². The summed E-state index contributed by atoms with van der Waals surface area (Å²) < 4.78 is 0.930. The van der Waals surface area contributed by atoms with Gasteiger partial charge in [-0.2, -0.15) is 11.8 Å². The number of hydrogen-bond donors (Lipinski definition) is 1. The van der Waals surface area contributed by atoms with E-state index in [1.165, 1.54) is 11.5 Å². The van der Waals surface area contributed by atoms with E-state index in [1.807, 2.05) is 23.5 Å². The lowest BCUT2D eigenvalue weighted by atomic mass is 10.4. The molecule has 1 aromatic heterocycles. The molecule has 0 spiro atoms. The van der Waals surface area contributed by atoms with Gasteiger partial charge < -0.3 is 5.73 Å². The van der Waals surface area contributed by atoms with Crippen LogP contribution in [0.25, 0.3) is 0 Å². The predicted octanol–water partition coefficient (Wildman–Crippen LogP) is 2.18. The van der Waals surface area contributed by atoms with Crippen LogP contribution < -0.4 is 5.73 Å². The highest BCUT2D eigenvalue weighted by Crippen LogP contribution is 2.35. The number of rotatable bonds is 1. The fraction of sp³-hybridized carbons (Fsp3) is 0.500. The molecule has 76 valence electrons. The first kappa shape index (κ1) is 10.8. The molecule has 2 heterocycles. The lowest BCUT2D eigenvalue weighted by Gasteiger charge is -2.19. The molecule has 1 aliphatic rings. The van der Waals surface area contributed by atoms with E-state index in [-0.39, 0.29) is 0 Å². The highest BCUT2D eigenvalue weighted by molar-refractivity contribution is 14.1. The second kappa shape index (κ2) is 4.89. The minimum Gasteiger partial charge on any atom is -0.383 e. The maximum atomic E-state index is 5.75. The van der Waals surface area contributed by atoms with Crippen molar-refractivity contribution >= 4 is 51.9 Å². The van der Waals surface area contributed by atoms with Crippen LogP contribution >= 0.6 is 46.1 Å². The van der Waals surface area contributed by atoms with Crippen LogP contribution in [0.15, 0.2) is 6.20 Å². The van der Waals surface area contributed by atoms with Gasteiger partial charge in [-0.05, 0) is 22.6 Å². The number of hydrogen-bond acceptors (Lipinski definition) is 5. The van der Waals surface area contributed by atoms with Gasteiger partial charge in [0.15, 0.2) is 0 Å². The molecule has 1 atom stereocenters. The Labute approximate surface area is 105 Å². The molecule has 0 aromatic carbocycles. The highest BCUT2D eigenvalue weighted by Gasteiger charge is 2.19. The fourth-order valence-corrected chi connectivity index (χ4v) is 4.05. The molecule has 1 aromatic rings. The van der Waals surface area contributed by atoms with E-state index in [4.69, 9.17) is 5.73 Å². The van der Waals surface area contributed by atoms with Crippen LogP contribution in [0.4, 0.5) is 5.82 Å². The molecule has 0 bridgehead atoms. The van der Waals surface area contributed by atoms with Crippen LogP contribution in [-0.4, -0.2) is 27.2 Å². The van der Waals surface area contributed by atoms with Crippen LogP contribution in [0.5, 0.6) is 0 Å². The third kappa shape index (κ3) is 2.46. The minimum absolute atomic E-state index is 0.424. The summed E-state index contributed by atoms with van der Waals surface area (Å²) in [5, 5.41) is 0.424. The number of anilines is 1. The molecule has 0 saturated carbocycles. The van der Waals surface area contributed by atoms with Crippen LogP contribution in [0.1, 0.15) is 11.1 Å². The first-order valence-electron chi connectivity index (χ1n) is 4.24. The van der Waals surface area contributed by atoms with Gasteiger partial charge in [-0.1, -0.05) is 0 Å². The molecular weight excluding hydrogens is 329 g/mol. The average molecular weight is 339 g/mol. The summed E-state index contributed by atoms with van der Waals surface area (Å²) in [5.74, 6) is 5.02. The highest BCUT2D eigenvalue weighted by atomic mass is 127. The third-order valence-corrected chi connectivity index (χ3v) is 5.48. The first-order valence-corrected chi connectivity index (χ1v) is 7.53. The molecule has 2 N–H and O–H groups in total. The summed E-state index contributed by atoms with van der Waals surface area (Å²) in [6.45, 7) is 0. The van der Waals surface area contributed by atoms with E-state index >= 15 is 0 Å². The Bertz CT molecular complexity index is 328. The molecule has 1 aliphatic heterocycles. The summed E-state index contributed by atoms with van der Waals surface area (Å²) in [7, 11) is 0. The van der Waals surface area contributed by atoms with Crippen molar-refractivity contribution < 1.29 is 0 Å². The summed E-state index contributed by atoms with van der Waals surface area (Å²) in [6.07, 6.45) is 1.80. The summed E-state index contributed by atoms with van der Waals surface area (Å²) >= 11 is 6.04. The summed E-state index contributed by atoms with van der Waals surface area (Å²) in [5.41, 5.74) is 5.75. The molecule has 1 unspecified atom stereocenters. The molecular formula is C8H10IN3S2. The molecule has 0 radical (unpaired) electrons. The van der Waals surface area contributed by atoms with Crippen molar-refractivity contribution in [2.75, 3.05) is 23.0 Å². The van der Waals surface area contributed by atoms with Crippen molar-refractivity contribution in [2.45, 2.75) is 5.25 Å². The molecule has 3 nitrogen and oxygen atoms in total. The smallest absolute Gasteiger partial charge is 0.144 e. The first-order chi connectivity index (χ1) is 6.77. The molecule has 14 heavy (non-hydrogen) atoms. The number of nitrogens with zero attached hydrogens (tertiary/aromatic N) is 2. The van der Waals surface area contributed by atoms with Crippen molar-refractivity contribution in [1.82, 2.24) is 9.97 Å². The van der Waals surface area contributed by atoms with Gasteiger partial charge in [-0.25, -0.2) is 9.97 Å². The number of aromatic nitrogens is 2. The molecule has 1 saturated heterocycles. The van der Waals surface area contributed by atoms with Gasteiger partial charge in [-0.15, -0.1) is 11.8 Å². The fourth-order valence-electron chi connectivity index (χ4n) is 1.19. The maximum absolute atomic E-state index is 5.75. The van der Waals surface area contributed by atoms with Crippen LogP contribution in [-0.2, 0) is 0 Å². The van der Waals surface area contributed by atoms with Gasteiger partial charge in [0.1, 0.15) is 11.6 Å². The summed E-state index contributed by atoms with van der Waals surface area (Å²) in [6, 6.07) is 0. The largest absolute Gasteiger partial charge is 0.383 e. The lowest BCUT2D eigenvalue weighted by molar-refractivity contribution is 0.924. The van der Waals surface area contributed by atoms with Gasteiger partial charge in [0, 0.05) is 23.5 Å². The van der Waals surface area contributed by atoms with Crippen molar-refractivity contribution in [3.8, 4) is 0 Å². The second-order valence-corrected chi connectivity index (χ2v) is 6.52. The van der Waals surface area contributed by atoms with Gasteiger partial charge in [0.25, 0.3) is 0 Å². The van der Waals surface area contributed by atoms with Crippen LogP contribution in [0.3, 0.4) is 0 Å². The molecule has 0 aliphatic carbocycles. The van der Waals surface area contributed by atoms with E-state index in [1.54, 1.807) is 6.20 Å². The van der Waals surface area contributed by atoms with Gasteiger partial charge in [0.05, 0.1) is 8.82 Å². The Morgan fingerprint density at radius 1 is 1.50 bits per heavy atom. The summed E-state index contributed by atoms with van der Waals surface area (Å²) in [4.78, 5) is 8.65. The molecule has 0 amide bonds. The normalized spacial score (nSPS) is 22.2. The van der Waals surface area contributed by atoms with Gasteiger partial charge in [0.2, 0.25) is 0 Å². The molecule has 1 fully saturated rings. The average Bonchev–Trinajstić information content (AvgIpc) is 2.23. The predicted molar refractivity (Wildman–Crippen MR) is 71.7 cm³/mol. The SMILES string of the molecule is Nc1nc(C2CSCCS2)ncc1I. The maximum Gasteiger partial charge on any atom is 0.144 e. The lowest BCUT2D eigenvalue weighted by Crippen LogP contribution is -2.11. The number of thioether (sulfide) groups is 2. The zero-order valence-corrected chi connectivity index (χ0v) is 11.2. The zero-order valence-electron chi connectivity index (χ0n) is 7.44. The number of nitrogen functional groups attached to an aromatic ring is 1. The molecule has 6 heteroatoms. The Kier molecular flexibility index (Phi) is 3.78. The van der Waals surface area contributed by atoms with E-state index < -0.39 is 0 Å². The standard InChI is InChI=1S/C8H10IN3S2/c9-5-3-11-8(12-7(5)10)6-4-13-1-2-14-6/h3,6H,1-2,4H2,(H2,10,11,12). The second-order valence-electron chi connectivity index (χ2n) is 2.90. The van der Waals surface area contributed by atoms with Crippen LogP contribution in [0, 0.1) is 3.57 Å². The van der Waals surface area contributed by atoms with Gasteiger partial charge >= 0.3 is 0 Å². The van der Waals surface area contributed by atoms with Crippen molar-refractivity contribution in [3.63, 3.8) is 0 Å². The van der Waals surface area contributed by atoms with Crippen molar-refractivity contribution in [3.05, 3.63) is 15.6 Å². The van der Waals surface area contributed by atoms with E-state index in [2.05, 4.69) is 32.6 Å². The molecule has 2 rings (SSSR count). The third-order valence-electron chi connectivity index (χ3n) is 1.89. The Morgan fingerprint density at radius 3 is 3.00 bits per heavy atom. The van der Waals surface area contributed by atoms with E-state index in [9.17, 15) is 0 Å². The monoisotopic (exact) mass is 339 g/mol. The number of nitrogens with two attached hydrogens (primary N) is 1. The zero-order chi connectivity index (χ0) is 9.97. The quantitative estimate of drug-likeness (QED) is 0.795. The van der Waals surface area contributed by atoms with Crippen molar-refractivity contribution in [2.24, 2.45) is 0 Å². The Hall–Kier alpha value is 0.310. The minimum atomic E-state index is 0.424. The topological polar surface area (TPSA) is 51.8 Å². The van der Waals surface area contributed by atoms with E-state index in [0.717, 1.165) is 15.1 Å². The number of halogens is 1. The van der Waals surface area contributed by atoms with Gasteiger partial charge in [-0.3, -0.25) is 0 Å². The van der Waals surface area contributed by atoms with E-state index in [0.29, 0.717) is 11.1 Å². The van der Waals surface area contributed by atoms with Crippen molar-refractivity contribution in [1.29, 1.82) is 0 Å².